The van der Waals surface area contributed by atoms with E-state index in [2.05, 4.69) is 25.8 Å². The molecule has 2 N–H and O–H groups in total. The Kier molecular flexibility index (Phi) is 3.20. The number of carbonyl (C=O) groups is 1. The van der Waals surface area contributed by atoms with E-state index in [-0.39, 0.29) is 18.5 Å². The normalized spacial score (nSPS) is 19.2. The van der Waals surface area contributed by atoms with E-state index in [4.69, 9.17) is 4.52 Å². The van der Waals surface area contributed by atoms with Crippen LogP contribution in [0.3, 0.4) is 0 Å². The molecule has 1 saturated heterocycles. The van der Waals surface area contributed by atoms with Crippen LogP contribution in [0.25, 0.3) is 0 Å². The van der Waals surface area contributed by atoms with Crippen LogP contribution in [0.15, 0.2) is 28.9 Å². The number of carbonyl (C=O) groups excluding carboxylic acids is 1. The van der Waals surface area contributed by atoms with E-state index < -0.39 is 0 Å². The quantitative estimate of drug-likeness (QED) is 0.794. The maximum absolute atomic E-state index is 11.0. The fourth-order valence-electron chi connectivity index (χ4n) is 1.89. The molecule has 1 amide bonds. The molecule has 0 spiro atoms. The Hall–Kier alpha value is -2.28. The lowest BCUT2D eigenvalue weighted by Gasteiger charge is -2.20. The third-order valence-electron chi connectivity index (χ3n) is 2.86. The molecule has 0 saturated carbocycles. The van der Waals surface area contributed by atoms with Crippen LogP contribution in [0.1, 0.15) is 23.5 Å². The fourth-order valence-corrected chi connectivity index (χ4v) is 1.89. The summed E-state index contributed by atoms with van der Waals surface area (Å²) in [6, 6.07) is 5.57. The number of rotatable bonds is 3. The molecule has 7 nitrogen and oxygen atoms in total. The highest BCUT2D eigenvalue weighted by Gasteiger charge is 2.23. The second-order valence-corrected chi connectivity index (χ2v) is 4.28. The first-order valence-corrected chi connectivity index (χ1v) is 6.04. The molecule has 1 fully saturated rings. The molecule has 98 valence electrons. The summed E-state index contributed by atoms with van der Waals surface area (Å²) in [7, 11) is 0. The lowest BCUT2D eigenvalue weighted by molar-refractivity contribution is -0.121. The Morgan fingerprint density at radius 1 is 1.42 bits per heavy atom. The van der Waals surface area contributed by atoms with E-state index in [0.717, 1.165) is 5.69 Å². The lowest BCUT2D eigenvalue weighted by Crippen LogP contribution is -2.47. The molecule has 2 aromatic heterocycles. The summed E-state index contributed by atoms with van der Waals surface area (Å²) in [6.07, 6.45) is 2.26. The molecular formula is C12H13N5O2. The zero-order valence-corrected chi connectivity index (χ0v) is 10.2. The Balaban J connectivity index is 1.68. The number of aromatic nitrogens is 3. The summed E-state index contributed by atoms with van der Waals surface area (Å²) in [5, 5.41) is 9.71. The van der Waals surface area contributed by atoms with Gasteiger partial charge in [0.2, 0.25) is 11.8 Å². The molecule has 1 unspecified atom stereocenters. The van der Waals surface area contributed by atoms with Crippen LogP contribution in [0.4, 0.5) is 0 Å². The summed E-state index contributed by atoms with van der Waals surface area (Å²) >= 11 is 0. The van der Waals surface area contributed by atoms with Gasteiger partial charge in [0.25, 0.3) is 0 Å². The van der Waals surface area contributed by atoms with Crippen molar-refractivity contribution in [2.75, 3.05) is 13.1 Å². The number of nitrogens with one attached hydrogen (secondary N) is 2. The molecule has 3 rings (SSSR count). The Labute approximate surface area is 109 Å². The zero-order chi connectivity index (χ0) is 13.1. The van der Waals surface area contributed by atoms with Gasteiger partial charge in [0.05, 0.1) is 13.0 Å². The minimum absolute atomic E-state index is 0.0236. The standard InChI is InChI=1S/C12H13N5O2/c18-11-7-14-9(6-15-11)12-16-10(17-19-12)5-8-3-1-2-4-13-8/h1-4,9,14H,5-7H2,(H,15,18). The third kappa shape index (κ3) is 2.76. The molecule has 3 heterocycles. The number of hydrogen-bond donors (Lipinski definition) is 2. The highest BCUT2D eigenvalue weighted by Crippen LogP contribution is 2.12. The molecule has 0 aliphatic carbocycles. The van der Waals surface area contributed by atoms with Crippen LogP contribution >= 0.6 is 0 Å². The lowest BCUT2D eigenvalue weighted by atomic mass is 10.2. The number of piperazine rings is 1. The zero-order valence-electron chi connectivity index (χ0n) is 10.2. The van der Waals surface area contributed by atoms with Gasteiger partial charge in [-0.3, -0.25) is 15.1 Å². The summed E-state index contributed by atoms with van der Waals surface area (Å²) in [6.45, 7) is 0.729. The monoisotopic (exact) mass is 259 g/mol. The van der Waals surface area contributed by atoms with Crippen LogP contribution in [0, 0.1) is 0 Å². The van der Waals surface area contributed by atoms with Gasteiger partial charge in [-0.05, 0) is 12.1 Å². The van der Waals surface area contributed by atoms with Gasteiger partial charge in [-0.1, -0.05) is 11.2 Å². The number of amides is 1. The fraction of sp³-hybridized carbons (Fsp3) is 0.333. The first kappa shape index (κ1) is 11.8. The van der Waals surface area contributed by atoms with Crippen LogP contribution in [0.2, 0.25) is 0 Å². The van der Waals surface area contributed by atoms with Crippen LogP contribution < -0.4 is 10.6 Å². The Morgan fingerprint density at radius 2 is 2.37 bits per heavy atom. The van der Waals surface area contributed by atoms with Crippen molar-refractivity contribution in [3.63, 3.8) is 0 Å². The van der Waals surface area contributed by atoms with E-state index in [9.17, 15) is 4.79 Å². The SMILES string of the molecule is O=C1CNC(c2nc(Cc3ccccn3)no2)CN1. The van der Waals surface area contributed by atoms with Gasteiger partial charge in [-0.15, -0.1) is 0 Å². The molecule has 0 aromatic carbocycles. The molecule has 7 heteroatoms. The molecule has 1 aliphatic heterocycles. The smallest absolute Gasteiger partial charge is 0.245 e. The van der Waals surface area contributed by atoms with E-state index in [1.165, 1.54) is 0 Å². The second-order valence-electron chi connectivity index (χ2n) is 4.28. The highest BCUT2D eigenvalue weighted by atomic mass is 16.5. The van der Waals surface area contributed by atoms with Gasteiger partial charge in [0.15, 0.2) is 5.82 Å². The molecule has 0 radical (unpaired) electrons. The van der Waals surface area contributed by atoms with E-state index in [1.807, 2.05) is 18.2 Å². The summed E-state index contributed by atoms with van der Waals surface area (Å²) in [5.41, 5.74) is 0.889. The van der Waals surface area contributed by atoms with Crippen molar-refractivity contribution in [1.82, 2.24) is 25.8 Å². The molecule has 1 atom stereocenters. The minimum atomic E-state index is -0.123. The minimum Gasteiger partial charge on any atom is -0.353 e. The largest absolute Gasteiger partial charge is 0.353 e. The van der Waals surface area contributed by atoms with E-state index in [0.29, 0.717) is 24.7 Å². The molecule has 2 aromatic rings. The van der Waals surface area contributed by atoms with Crippen LogP contribution in [-0.2, 0) is 11.2 Å². The highest BCUT2D eigenvalue weighted by molar-refractivity contribution is 5.78. The molecule has 19 heavy (non-hydrogen) atoms. The van der Waals surface area contributed by atoms with Crippen molar-refractivity contribution in [2.45, 2.75) is 12.5 Å². The first-order valence-electron chi connectivity index (χ1n) is 6.04. The predicted octanol–water partition coefficient (Wildman–Crippen LogP) is -0.184. The van der Waals surface area contributed by atoms with Crippen LogP contribution in [-0.4, -0.2) is 34.1 Å². The summed E-state index contributed by atoms with van der Waals surface area (Å²) < 4.78 is 5.21. The number of hydrogen-bond acceptors (Lipinski definition) is 6. The maximum Gasteiger partial charge on any atom is 0.245 e. The molecule has 1 aliphatic rings. The number of pyridine rings is 1. The van der Waals surface area contributed by atoms with Gasteiger partial charge >= 0.3 is 0 Å². The maximum atomic E-state index is 11.0. The molecular weight excluding hydrogens is 246 g/mol. The Morgan fingerprint density at radius 3 is 3.11 bits per heavy atom. The van der Waals surface area contributed by atoms with Crippen molar-refractivity contribution in [1.29, 1.82) is 0 Å². The average molecular weight is 259 g/mol. The average Bonchev–Trinajstić information content (AvgIpc) is 2.89. The van der Waals surface area contributed by atoms with Gasteiger partial charge in [-0.25, -0.2) is 0 Å². The van der Waals surface area contributed by atoms with Crippen LogP contribution in [0.5, 0.6) is 0 Å². The van der Waals surface area contributed by atoms with Gasteiger partial charge in [-0.2, -0.15) is 4.98 Å². The van der Waals surface area contributed by atoms with E-state index >= 15 is 0 Å². The topological polar surface area (TPSA) is 92.9 Å². The Bertz CT molecular complexity index is 559. The first-order chi connectivity index (χ1) is 9.31. The predicted molar refractivity (Wildman–Crippen MR) is 65.1 cm³/mol. The third-order valence-corrected chi connectivity index (χ3v) is 2.86. The second kappa shape index (κ2) is 5.15. The van der Waals surface area contributed by atoms with Crippen molar-refractivity contribution in [3.8, 4) is 0 Å². The van der Waals surface area contributed by atoms with Gasteiger partial charge in [0, 0.05) is 18.4 Å². The summed E-state index contributed by atoms with van der Waals surface area (Å²) in [5.74, 6) is 1.06. The van der Waals surface area contributed by atoms with Gasteiger partial charge in [0.1, 0.15) is 6.04 Å². The van der Waals surface area contributed by atoms with Crippen molar-refractivity contribution < 1.29 is 9.32 Å². The van der Waals surface area contributed by atoms with E-state index in [1.54, 1.807) is 6.20 Å². The molecule has 0 bridgehead atoms. The van der Waals surface area contributed by atoms with Crippen molar-refractivity contribution in [3.05, 3.63) is 41.8 Å². The summed E-state index contributed by atoms with van der Waals surface area (Å²) in [4.78, 5) is 19.6. The number of nitrogens with zero attached hydrogens (tertiary/aromatic N) is 3. The van der Waals surface area contributed by atoms with Crippen molar-refractivity contribution >= 4 is 5.91 Å². The van der Waals surface area contributed by atoms with Gasteiger partial charge < -0.3 is 9.84 Å². The van der Waals surface area contributed by atoms with Crippen molar-refractivity contribution in [2.24, 2.45) is 0 Å².